The number of esters is 1. The van der Waals surface area contributed by atoms with Gasteiger partial charge in [-0.1, -0.05) is 12.1 Å². The normalized spacial score (nSPS) is 11.6. The van der Waals surface area contributed by atoms with E-state index in [2.05, 4.69) is 4.99 Å². The van der Waals surface area contributed by atoms with Crippen LogP contribution in [0.3, 0.4) is 0 Å². The third-order valence-electron chi connectivity index (χ3n) is 2.71. The molecule has 1 N–H and O–H groups in total. The van der Waals surface area contributed by atoms with Crippen LogP contribution in [0, 0.1) is 0 Å². The number of hydrogen-bond donors (Lipinski definition) is 1. The Morgan fingerprint density at radius 3 is 2.75 bits per heavy atom. The Hall–Kier alpha value is -2.63. The maximum Gasteiger partial charge on any atom is 0.357 e. The summed E-state index contributed by atoms with van der Waals surface area (Å²) in [5.41, 5.74) is -1.15. The molecule has 0 bridgehead atoms. The van der Waals surface area contributed by atoms with Crippen LogP contribution in [0.5, 0.6) is 5.75 Å². The molecule has 2 rings (SSSR count). The highest BCUT2D eigenvalue weighted by atomic mass is 16.5. The fourth-order valence-electron chi connectivity index (χ4n) is 1.85. The summed E-state index contributed by atoms with van der Waals surface area (Å²) in [6.07, 6.45) is 0. The molecule has 20 heavy (non-hydrogen) atoms. The first-order valence-corrected chi connectivity index (χ1v) is 5.99. The van der Waals surface area contributed by atoms with Crippen molar-refractivity contribution in [3.05, 3.63) is 40.2 Å². The van der Waals surface area contributed by atoms with Gasteiger partial charge in [-0.05, 0) is 19.1 Å². The lowest BCUT2D eigenvalue weighted by Gasteiger charge is -2.08. The van der Waals surface area contributed by atoms with Crippen molar-refractivity contribution in [2.45, 2.75) is 6.92 Å². The van der Waals surface area contributed by atoms with E-state index in [1.807, 2.05) is 0 Å². The monoisotopic (exact) mass is 275 g/mol. The van der Waals surface area contributed by atoms with Gasteiger partial charge in [0.2, 0.25) is 0 Å². The van der Waals surface area contributed by atoms with Crippen LogP contribution >= 0.6 is 0 Å². The van der Waals surface area contributed by atoms with Crippen LogP contribution < -0.4 is 5.63 Å². The summed E-state index contributed by atoms with van der Waals surface area (Å²) in [7, 11) is 1.33. The fourth-order valence-corrected chi connectivity index (χ4v) is 1.85. The van der Waals surface area contributed by atoms with Crippen LogP contribution in [0.15, 0.2) is 38.5 Å². The van der Waals surface area contributed by atoms with Gasteiger partial charge in [0.1, 0.15) is 16.9 Å². The number of benzene rings is 1. The van der Waals surface area contributed by atoms with Crippen LogP contribution in [0.1, 0.15) is 12.5 Å². The summed E-state index contributed by atoms with van der Waals surface area (Å²) in [5, 5.41) is 10.5. The smallest absolute Gasteiger partial charge is 0.357 e. The van der Waals surface area contributed by atoms with E-state index in [-0.39, 0.29) is 29.2 Å². The van der Waals surface area contributed by atoms with Crippen LogP contribution in [-0.4, -0.2) is 30.4 Å². The Balaban J connectivity index is 2.71. The van der Waals surface area contributed by atoms with Crippen molar-refractivity contribution in [1.82, 2.24) is 0 Å². The highest BCUT2D eigenvalue weighted by molar-refractivity contribution is 6.44. The van der Waals surface area contributed by atoms with E-state index in [1.54, 1.807) is 31.2 Å². The molecule has 1 aromatic heterocycles. The van der Waals surface area contributed by atoms with Gasteiger partial charge in [0.05, 0.1) is 12.0 Å². The van der Waals surface area contributed by atoms with Crippen LogP contribution in [0.25, 0.3) is 11.0 Å². The number of aliphatic imine (C=N–C) groups is 1. The second-order valence-corrected chi connectivity index (χ2v) is 3.90. The Bertz CT molecular complexity index is 745. The molecule has 6 nitrogen and oxygen atoms in total. The van der Waals surface area contributed by atoms with Crippen molar-refractivity contribution in [2.75, 3.05) is 13.7 Å². The molecule has 0 atom stereocenters. The van der Waals surface area contributed by atoms with Crippen molar-refractivity contribution in [3.8, 4) is 5.75 Å². The topological polar surface area (TPSA) is 89.1 Å². The van der Waals surface area contributed by atoms with Gasteiger partial charge < -0.3 is 14.3 Å². The molecule has 0 radical (unpaired) electrons. The Kier molecular flexibility index (Phi) is 3.84. The molecule has 0 unspecified atom stereocenters. The van der Waals surface area contributed by atoms with Crippen LogP contribution in [0.4, 0.5) is 0 Å². The summed E-state index contributed by atoms with van der Waals surface area (Å²) < 4.78 is 9.89. The molecular weight excluding hydrogens is 262 g/mol. The molecule has 0 aliphatic rings. The number of para-hydroxylation sites is 1. The zero-order chi connectivity index (χ0) is 14.7. The van der Waals surface area contributed by atoms with Gasteiger partial charge in [-0.25, -0.2) is 9.59 Å². The number of carbonyl (C=O) groups is 1. The van der Waals surface area contributed by atoms with E-state index in [0.29, 0.717) is 5.39 Å². The van der Waals surface area contributed by atoms with Crippen molar-refractivity contribution in [3.63, 3.8) is 0 Å². The predicted molar refractivity (Wildman–Crippen MR) is 73.2 cm³/mol. The first kappa shape index (κ1) is 13.8. The SMILES string of the molecule is CCOC(=O)C(=NC)c1c(O)c2ccccc2oc1=O. The summed E-state index contributed by atoms with van der Waals surface area (Å²) >= 11 is 0. The molecule has 0 fully saturated rings. The van der Waals surface area contributed by atoms with Gasteiger partial charge >= 0.3 is 11.6 Å². The Labute approximate surface area is 114 Å². The van der Waals surface area contributed by atoms with Gasteiger partial charge in [0.15, 0.2) is 5.71 Å². The van der Waals surface area contributed by atoms with Crippen molar-refractivity contribution in [2.24, 2.45) is 4.99 Å². The van der Waals surface area contributed by atoms with E-state index in [9.17, 15) is 14.7 Å². The highest BCUT2D eigenvalue weighted by Crippen LogP contribution is 2.26. The summed E-state index contributed by atoms with van der Waals surface area (Å²) in [6, 6.07) is 6.48. The highest BCUT2D eigenvalue weighted by Gasteiger charge is 2.24. The number of aromatic hydroxyl groups is 1. The number of ether oxygens (including phenoxy) is 1. The molecule has 0 saturated heterocycles. The number of fused-ring (bicyclic) bond motifs is 1. The van der Waals surface area contributed by atoms with Gasteiger partial charge in [-0.15, -0.1) is 0 Å². The molecule has 2 aromatic rings. The van der Waals surface area contributed by atoms with Crippen LogP contribution in [-0.2, 0) is 9.53 Å². The van der Waals surface area contributed by atoms with Crippen LogP contribution in [0.2, 0.25) is 0 Å². The largest absolute Gasteiger partial charge is 0.506 e. The molecule has 1 heterocycles. The second-order valence-electron chi connectivity index (χ2n) is 3.90. The molecule has 0 saturated carbocycles. The number of carbonyl (C=O) groups excluding carboxylic acids is 1. The lowest BCUT2D eigenvalue weighted by Crippen LogP contribution is -2.25. The third kappa shape index (κ3) is 2.27. The molecule has 0 aliphatic heterocycles. The van der Waals surface area contributed by atoms with E-state index in [1.165, 1.54) is 7.05 Å². The zero-order valence-electron chi connectivity index (χ0n) is 11.0. The van der Waals surface area contributed by atoms with Crippen molar-refractivity contribution >= 4 is 22.7 Å². The lowest BCUT2D eigenvalue weighted by molar-refractivity contribution is -0.134. The maximum atomic E-state index is 11.9. The van der Waals surface area contributed by atoms with E-state index in [0.717, 1.165) is 0 Å². The molecule has 0 spiro atoms. The maximum absolute atomic E-state index is 11.9. The Morgan fingerprint density at radius 2 is 2.10 bits per heavy atom. The molecule has 1 aromatic carbocycles. The number of nitrogens with zero attached hydrogens (tertiary/aromatic N) is 1. The first-order chi connectivity index (χ1) is 9.60. The quantitative estimate of drug-likeness (QED) is 0.520. The fraction of sp³-hybridized carbons (Fsp3) is 0.214. The van der Waals surface area contributed by atoms with Gasteiger partial charge in [0.25, 0.3) is 0 Å². The molecular formula is C14H13NO5. The standard InChI is InChI=1S/C14H13NO5/c1-3-19-14(18)11(15-2)10-12(16)8-6-4-5-7-9(8)20-13(10)17/h4-7,16H,3H2,1-2H3. The summed E-state index contributed by atoms with van der Waals surface area (Å²) in [5.74, 6) is -1.13. The minimum Gasteiger partial charge on any atom is -0.506 e. The number of hydrogen-bond acceptors (Lipinski definition) is 6. The molecule has 0 aliphatic carbocycles. The Morgan fingerprint density at radius 1 is 1.40 bits per heavy atom. The lowest BCUT2D eigenvalue weighted by atomic mass is 10.1. The molecule has 104 valence electrons. The molecule has 0 amide bonds. The predicted octanol–water partition coefficient (Wildman–Crippen LogP) is 1.48. The van der Waals surface area contributed by atoms with Crippen molar-refractivity contribution < 1.29 is 19.1 Å². The molecule has 6 heteroatoms. The second kappa shape index (κ2) is 5.56. The van der Waals surface area contributed by atoms with E-state index >= 15 is 0 Å². The minimum absolute atomic E-state index is 0.136. The summed E-state index contributed by atoms with van der Waals surface area (Å²) in [4.78, 5) is 27.4. The van der Waals surface area contributed by atoms with E-state index in [4.69, 9.17) is 9.15 Å². The van der Waals surface area contributed by atoms with Gasteiger partial charge in [-0.2, -0.15) is 0 Å². The van der Waals surface area contributed by atoms with Crippen molar-refractivity contribution in [1.29, 1.82) is 0 Å². The van der Waals surface area contributed by atoms with Gasteiger partial charge in [0, 0.05) is 7.05 Å². The number of rotatable bonds is 3. The first-order valence-electron chi connectivity index (χ1n) is 5.99. The van der Waals surface area contributed by atoms with E-state index < -0.39 is 11.6 Å². The average Bonchev–Trinajstić information content (AvgIpc) is 2.43. The summed E-state index contributed by atoms with van der Waals surface area (Å²) in [6.45, 7) is 1.77. The third-order valence-corrected chi connectivity index (χ3v) is 2.71. The minimum atomic E-state index is -0.838. The zero-order valence-corrected chi connectivity index (χ0v) is 11.0. The van der Waals surface area contributed by atoms with Gasteiger partial charge in [-0.3, -0.25) is 4.99 Å². The average molecular weight is 275 g/mol.